The Kier molecular flexibility index (Phi) is 7.32. The molecule has 35 heavy (non-hydrogen) atoms. The third-order valence-electron chi connectivity index (χ3n) is 4.85. The molecule has 0 saturated heterocycles. The number of rotatable bonds is 7. The normalized spacial score (nSPS) is 13.0. The van der Waals surface area contributed by atoms with Crippen molar-refractivity contribution in [3.05, 3.63) is 65.2 Å². The Morgan fingerprint density at radius 3 is 2.14 bits per heavy atom. The molecule has 0 aromatic heterocycles. The number of hydrogen-bond donors (Lipinski definition) is 2. The van der Waals surface area contributed by atoms with E-state index in [1.54, 1.807) is 0 Å². The minimum atomic E-state index is -5.44. The first-order valence-electron chi connectivity index (χ1n) is 10.1. The SMILES string of the molecule is CC(C)OC(=O)[C@H](C(=O)C(F)(F)F)c1cc(NS(=O)(=O)c2ccc(Cl)cc2)c2ccccc2c1O. The number of carbonyl (C=O) groups is 2. The van der Waals surface area contributed by atoms with E-state index in [2.05, 4.69) is 4.72 Å². The molecule has 3 aromatic rings. The molecule has 0 radical (unpaired) electrons. The highest BCUT2D eigenvalue weighted by Gasteiger charge is 2.49. The van der Waals surface area contributed by atoms with Gasteiger partial charge < -0.3 is 9.84 Å². The van der Waals surface area contributed by atoms with E-state index in [-0.39, 0.29) is 26.4 Å². The van der Waals surface area contributed by atoms with Gasteiger partial charge in [0.05, 0.1) is 16.7 Å². The van der Waals surface area contributed by atoms with Crippen molar-refractivity contribution in [2.45, 2.75) is 36.9 Å². The number of Topliss-reactive ketones (excluding diaryl/α,β-unsaturated/α-hetero) is 1. The van der Waals surface area contributed by atoms with Gasteiger partial charge in [0.15, 0.2) is 5.92 Å². The summed E-state index contributed by atoms with van der Waals surface area (Å²) in [5, 5.41) is 11.1. The van der Waals surface area contributed by atoms with Gasteiger partial charge in [-0.25, -0.2) is 8.42 Å². The van der Waals surface area contributed by atoms with Gasteiger partial charge >= 0.3 is 12.1 Å². The molecular formula is C23H19ClF3NO6S. The Labute approximate surface area is 203 Å². The molecule has 2 N–H and O–H groups in total. The Hall–Kier alpha value is -3.31. The average molecular weight is 530 g/mol. The lowest BCUT2D eigenvalue weighted by molar-refractivity contribution is -0.178. The number of benzene rings is 3. The summed E-state index contributed by atoms with van der Waals surface area (Å²) in [6.45, 7) is 2.75. The Morgan fingerprint density at radius 2 is 1.60 bits per heavy atom. The molecule has 0 bridgehead atoms. The molecule has 0 heterocycles. The van der Waals surface area contributed by atoms with Crippen molar-refractivity contribution in [1.82, 2.24) is 0 Å². The van der Waals surface area contributed by atoms with Gasteiger partial charge in [0.1, 0.15) is 5.75 Å². The first kappa shape index (κ1) is 26.3. The second kappa shape index (κ2) is 9.74. The van der Waals surface area contributed by atoms with Crippen molar-refractivity contribution in [2.24, 2.45) is 0 Å². The van der Waals surface area contributed by atoms with Crippen LogP contribution < -0.4 is 4.72 Å². The summed E-state index contributed by atoms with van der Waals surface area (Å²) in [6, 6.07) is 11.6. The number of phenols is 1. The average Bonchev–Trinajstić information content (AvgIpc) is 2.76. The lowest BCUT2D eigenvalue weighted by Gasteiger charge is -2.21. The number of halogens is 4. The zero-order valence-corrected chi connectivity index (χ0v) is 19.8. The van der Waals surface area contributed by atoms with Crippen molar-refractivity contribution in [1.29, 1.82) is 0 Å². The standard InChI is InChI=1S/C23H19ClF3NO6S/c1-12(2)34-22(31)19(21(30)23(25,26)27)17-11-18(15-5-3-4-6-16(15)20(17)29)28-35(32,33)14-9-7-13(24)8-10-14/h3-12,19,28-29H,1-2H3/t19-/m0/s1. The van der Waals surface area contributed by atoms with Crippen LogP contribution >= 0.6 is 11.6 Å². The third-order valence-corrected chi connectivity index (χ3v) is 6.49. The number of ether oxygens (including phenoxy) is 1. The van der Waals surface area contributed by atoms with Crippen LogP contribution in [0.5, 0.6) is 5.75 Å². The molecule has 0 fully saturated rings. The molecule has 0 saturated carbocycles. The monoisotopic (exact) mass is 529 g/mol. The molecule has 0 unspecified atom stereocenters. The first-order valence-corrected chi connectivity index (χ1v) is 11.9. The number of hydrogen-bond acceptors (Lipinski definition) is 6. The number of esters is 1. The van der Waals surface area contributed by atoms with Crippen molar-refractivity contribution >= 4 is 49.8 Å². The van der Waals surface area contributed by atoms with Gasteiger partial charge in [-0.3, -0.25) is 14.3 Å². The summed E-state index contributed by atoms with van der Waals surface area (Å²) in [6.07, 6.45) is -6.31. The summed E-state index contributed by atoms with van der Waals surface area (Å²) in [5.74, 6) is -7.39. The Balaban J connectivity index is 2.24. The number of fused-ring (bicyclic) bond motifs is 1. The van der Waals surface area contributed by atoms with Crippen molar-refractivity contribution < 1.29 is 41.0 Å². The minimum Gasteiger partial charge on any atom is -0.507 e. The van der Waals surface area contributed by atoms with Crippen molar-refractivity contribution in [3.63, 3.8) is 0 Å². The van der Waals surface area contributed by atoms with Crippen LogP contribution in [0.4, 0.5) is 18.9 Å². The number of anilines is 1. The molecular weight excluding hydrogens is 511 g/mol. The zero-order valence-electron chi connectivity index (χ0n) is 18.3. The quantitative estimate of drug-likeness (QED) is 0.248. The molecule has 0 aliphatic rings. The predicted molar refractivity (Wildman–Crippen MR) is 123 cm³/mol. The van der Waals surface area contributed by atoms with Crippen LogP contribution in [0.3, 0.4) is 0 Å². The molecule has 12 heteroatoms. The second-order valence-corrected chi connectivity index (χ2v) is 9.87. The molecule has 0 aliphatic heterocycles. The molecule has 7 nitrogen and oxygen atoms in total. The highest BCUT2D eigenvalue weighted by molar-refractivity contribution is 7.92. The smallest absolute Gasteiger partial charge is 0.451 e. The van der Waals surface area contributed by atoms with Crippen LogP contribution in [0.2, 0.25) is 5.02 Å². The molecule has 186 valence electrons. The molecule has 1 atom stereocenters. The predicted octanol–water partition coefficient (Wildman–Crippen LogP) is 5.17. The number of alkyl halides is 3. The highest BCUT2D eigenvalue weighted by atomic mass is 35.5. The van der Waals surface area contributed by atoms with Crippen LogP contribution in [-0.4, -0.2) is 37.6 Å². The first-order chi connectivity index (χ1) is 16.2. The Bertz CT molecular complexity index is 1390. The van der Waals surface area contributed by atoms with Gasteiger partial charge in [0, 0.05) is 21.4 Å². The largest absolute Gasteiger partial charge is 0.507 e. The van der Waals surface area contributed by atoms with Gasteiger partial charge in [-0.15, -0.1) is 0 Å². The van der Waals surface area contributed by atoms with Crippen LogP contribution in [0.15, 0.2) is 59.5 Å². The van der Waals surface area contributed by atoms with Crippen LogP contribution in [-0.2, 0) is 24.3 Å². The fraction of sp³-hybridized carbons (Fsp3) is 0.217. The molecule has 0 spiro atoms. The minimum absolute atomic E-state index is 0.0869. The van der Waals surface area contributed by atoms with Gasteiger partial charge in [-0.2, -0.15) is 13.2 Å². The molecule has 0 amide bonds. The molecule has 3 aromatic carbocycles. The molecule has 3 rings (SSSR count). The second-order valence-electron chi connectivity index (χ2n) is 7.75. The van der Waals surface area contributed by atoms with Gasteiger partial charge in [0.25, 0.3) is 15.8 Å². The van der Waals surface area contributed by atoms with E-state index in [1.807, 2.05) is 0 Å². The van der Waals surface area contributed by atoms with Crippen molar-refractivity contribution in [2.75, 3.05) is 4.72 Å². The van der Waals surface area contributed by atoms with E-state index < -0.39 is 51.3 Å². The molecule has 0 aliphatic carbocycles. The summed E-state index contributed by atoms with van der Waals surface area (Å²) in [7, 11) is -4.28. The number of sulfonamides is 1. The number of ketones is 1. The van der Waals surface area contributed by atoms with E-state index in [0.29, 0.717) is 0 Å². The number of phenolic OH excluding ortho intramolecular Hbond substituents is 1. The highest BCUT2D eigenvalue weighted by Crippen LogP contribution is 2.41. The maximum Gasteiger partial charge on any atom is 0.451 e. The van der Waals surface area contributed by atoms with Crippen LogP contribution in [0.25, 0.3) is 10.8 Å². The lowest BCUT2D eigenvalue weighted by Crippen LogP contribution is -2.35. The van der Waals surface area contributed by atoms with E-state index in [4.69, 9.17) is 16.3 Å². The van der Waals surface area contributed by atoms with Crippen LogP contribution in [0.1, 0.15) is 25.3 Å². The fourth-order valence-corrected chi connectivity index (χ4v) is 4.54. The fourth-order valence-electron chi connectivity index (χ4n) is 3.34. The van der Waals surface area contributed by atoms with Gasteiger partial charge in [0.2, 0.25) is 0 Å². The summed E-state index contributed by atoms with van der Waals surface area (Å²) in [4.78, 5) is 24.6. The number of carbonyl (C=O) groups excluding carboxylic acids is 2. The summed E-state index contributed by atoms with van der Waals surface area (Å²) < 4.78 is 73.2. The van der Waals surface area contributed by atoms with E-state index in [1.165, 1.54) is 62.4 Å². The van der Waals surface area contributed by atoms with E-state index in [9.17, 15) is 36.3 Å². The summed E-state index contributed by atoms with van der Waals surface area (Å²) in [5.41, 5.74) is -1.02. The Morgan fingerprint density at radius 1 is 1.03 bits per heavy atom. The maximum absolute atomic E-state index is 13.4. The van der Waals surface area contributed by atoms with Gasteiger partial charge in [-0.1, -0.05) is 35.9 Å². The topological polar surface area (TPSA) is 110 Å². The zero-order chi connectivity index (χ0) is 26.1. The maximum atomic E-state index is 13.4. The third kappa shape index (κ3) is 5.68. The van der Waals surface area contributed by atoms with E-state index >= 15 is 0 Å². The van der Waals surface area contributed by atoms with Crippen LogP contribution in [0, 0.1) is 0 Å². The summed E-state index contributed by atoms with van der Waals surface area (Å²) >= 11 is 5.79. The lowest BCUT2D eigenvalue weighted by atomic mass is 9.90. The van der Waals surface area contributed by atoms with Crippen molar-refractivity contribution in [3.8, 4) is 5.75 Å². The van der Waals surface area contributed by atoms with E-state index in [0.717, 1.165) is 6.07 Å². The number of aromatic hydroxyl groups is 1. The number of nitrogens with one attached hydrogen (secondary N) is 1. The van der Waals surface area contributed by atoms with Gasteiger partial charge in [-0.05, 0) is 44.2 Å².